The Morgan fingerprint density at radius 1 is 1.21 bits per heavy atom. The first-order chi connectivity index (χ1) is 11.7. The molecule has 122 valence electrons. The first kappa shape index (κ1) is 15.4. The van der Waals surface area contributed by atoms with Gasteiger partial charge in [-0.25, -0.2) is 0 Å². The molecule has 0 aliphatic carbocycles. The number of furan rings is 1. The van der Waals surface area contributed by atoms with E-state index in [9.17, 15) is 4.79 Å². The van der Waals surface area contributed by atoms with Gasteiger partial charge in [0, 0.05) is 28.7 Å². The number of rotatable bonds is 4. The molecule has 0 bridgehead atoms. The third-order valence-electron chi connectivity index (χ3n) is 4.00. The highest BCUT2D eigenvalue weighted by molar-refractivity contribution is 8.00. The Kier molecular flexibility index (Phi) is 4.12. The molecule has 1 atom stereocenters. The summed E-state index contributed by atoms with van der Waals surface area (Å²) in [6.07, 6.45) is 5.71. The topological polar surface area (TPSA) is 38.4 Å². The number of aromatic nitrogens is 1. The summed E-state index contributed by atoms with van der Waals surface area (Å²) in [4.78, 5) is 14.1. The Hall–Kier alpha value is -2.11. The van der Waals surface area contributed by atoms with Crippen molar-refractivity contribution in [1.82, 2.24) is 9.47 Å². The van der Waals surface area contributed by atoms with Crippen LogP contribution in [0.25, 0.3) is 5.69 Å². The summed E-state index contributed by atoms with van der Waals surface area (Å²) >= 11 is 7.59. The summed E-state index contributed by atoms with van der Waals surface area (Å²) in [5.41, 5.74) is 2.14. The van der Waals surface area contributed by atoms with E-state index in [1.807, 2.05) is 52.1 Å². The van der Waals surface area contributed by atoms with Gasteiger partial charge >= 0.3 is 0 Å². The van der Waals surface area contributed by atoms with Crippen LogP contribution >= 0.6 is 23.4 Å². The summed E-state index contributed by atoms with van der Waals surface area (Å²) in [5, 5.41) is 0.726. The Bertz CT molecular complexity index is 842. The monoisotopic (exact) mass is 358 g/mol. The molecular weight excluding hydrogens is 344 g/mol. The van der Waals surface area contributed by atoms with Crippen LogP contribution in [0.1, 0.15) is 16.7 Å². The van der Waals surface area contributed by atoms with Gasteiger partial charge in [0.1, 0.15) is 11.1 Å². The first-order valence-corrected chi connectivity index (χ1v) is 9.01. The molecule has 0 saturated carbocycles. The van der Waals surface area contributed by atoms with Crippen molar-refractivity contribution >= 4 is 29.3 Å². The van der Waals surface area contributed by atoms with E-state index in [-0.39, 0.29) is 11.3 Å². The molecule has 6 heteroatoms. The minimum atomic E-state index is 0.0103. The molecule has 1 fully saturated rings. The lowest BCUT2D eigenvalue weighted by molar-refractivity contribution is -0.128. The summed E-state index contributed by atoms with van der Waals surface area (Å²) in [5.74, 6) is 1.44. The van der Waals surface area contributed by atoms with Crippen molar-refractivity contribution in [3.05, 3.63) is 77.5 Å². The molecule has 3 aromatic rings. The molecule has 1 amide bonds. The van der Waals surface area contributed by atoms with E-state index >= 15 is 0 Å². The zero-order valence-electron chi connectivity index (χ0n) is 12.8. The fraction of sp³-hybridized carbons (Fsp3) is 0.167. The lowest BCUT2D eigenvalue weighted by Gasteiger charge is -2.22. The van der Waals surface area contributed by atoms with Gasteiger partial charge in [-0.05, 0) is 42.5 Å². The summed E-state index contributed by atoms with van der Waals surface area (Å²) in [6, 6.07) is 13.5. The van der Waals surface area contributed by atoms with E-state index < -0.39 is 0 Å². The highest BCUT2D eigenvalue weighted by Crippen LogP contribution is 2.40. The molecule has 0 N–H and O–H groups in total. The maximum Gasteiger partial charge on any atom is 0.234 e. The molecule has 2 aromatic heterocycles. The Morgan fingerprint density at radius 3 is 2.79 bits per heavy atom. The van der Waals surface area contributed by atoms with E-state index in [1.165, 1.54) is 0 Å². The van der Waals surface area contributed by atoms with Crippen molar-refractivity contribution < 1.29 is 9.21 Å². The van der Waals surface area contributed by atoms with E-state index in [0.717, 1.165) is 17.0 Å². The fourth-order valence-corrected chi connectivity index (χ4v) is 4.10. The molecule has 3 heterocycles. The van der Waals surface area contributed by atoms with Gasteiger partial charge in [0.05, 0.1) is 18.6 Å². The minimum absolute atomic E-state index is 0.0103. The zero-order valence-corrected chi connectivity index (χ0v) is 14.3. The van der Waals surface area contributed by atoms with Gasteiger partial charge < -0.3 is 13.9 Å². The number of nitrogens with zero attached hydrogens (tertiary/aromatic N) is 2. The molecule has 1 aromatic carbocycles. The average molecular weight is 359 g/mol. The molecule has 4 nitrogen and oxygen atoms in total. The van der Waals surface area contributed by atoms with E-state index in [0.29, 0.717) is 17.3 Å². The second kappa shape index (κ2) is 6.42. The number of hydrogen-bond donors (Lipinski definition) is 0. The molecule has 1 aliphatic heterocycles. The molecular formula is C18H15ClN2O2S. The third kappa shape index (κ3) is 2.97. The van der Waals surface area contributed by atoms with Crippen LogP contribution < -0.4 is 0 Å². The summed E-state index contributed by atoms with van der Waals surface area (Å²) in [7, 11) is 0. The maximum atomic E-state index is 12.2. The van der Waals surface area contributed by atoms with Gasteiger partial charge in [0.25, 0.3) is 0 Å². The van der Waals surface area contributed by atoms with Crippen LogP contribution in [0.15, 0.2) is 65.5 Å². The Balaban J connectivity index is 1.58. The average Bonchev–Trinajstić information content (AvgIpc) is 3.31. The molecule has 0 radical (unpaired) electrons. The van der Waals surface area contributed by atoms with Crippen LogP contribution in [0.2, 0.25) is 5.02 Å². The van der Waals surface area contributed by atoms with Crippen LogP contribution in [0.5, 0.6) is 0 Å². The number of benzene rings is 1. The number of carbonyl (C=O) groups is 1. The maximum absolute atomic E-state index is 12.2. The molecule has 0 spiro atoms. The van der Waals surface area contributed by atoms with Crippen LogP contribution in [-0.4, -0.2) is 21.1 Å². The van der Waals surface area contributed by atoms with Crippen LogP contribution in [-0.2, 0) is 11.3 Å². The quantitative estimate of drug-likeness (QED) is 0.689. The van der Waals surface area contributed by atoms with Crippen molar-refractivity contribution in [2.75, 3.05) is 5.75 Å². The smallest absolute Gasteiger partial charge is 0.234 e. The van der Waals surface area contributed by atoms with Gasteiger partial charge in [0.2, 0.25) is 5.91 Å². The number of halogens is 1. The zero-order chi connectivity index (χ0) is 16.5. The van der Waals surface area contributed by atoms with E-state index in [2.05, 4.69) is 12.3 Å². The molecule has 1 aliphatic rings. The standard InChI is InChI=1S/C18H15ClN2O2S/c19-14-3-5-15(6-4-14)20-8-7-13(10-20)18-21(17(22)12-24-18)11-16-2-1-9-23-16/h1-10,18H,11-12H2/t18-/m1/s1. The Morgan fingerprint density at radius 2 is 2.04 bits per heavy atom. The number of hydrogen-bond acceptors (Lipinski definition) is 3. The first-order valence-electron chi connectivity index (χ1n) is 7.58. The highest BCUT2D eigenvalue weighted by Gasteiger charge is 2.33. The fourth-order valence-electron chi connectivity index (χ4n) is 2.80. The molecule has 1 saturated heterocycles. The van der Waals surface area contributed by atoms with Crippen molar-refractivity contribution in [3.63, 3.8) is 0 Å². The van der Waals surface area contributed by atoms with E-state index in [1.54, 1.807) is 18.0 Å². The van der Waals surface area contributed by atoms with Gasteiger partial charge in [-0.2, -0.15) is 0 Å². The number of amides is 1. The van der Waals surface area contributed by atoms with Crippen LogP contribution in [0.3, 0.4) is 0 Å². The van der Waals surface area contributed by atoms with Crippen molar-refractivity contribution in [3.8, 4) is 5.69 Å². The van der Waals surface area contributed by atoms with Crippen molar-refractivity contribution in [1.29, 1.82) is 0 Å². The predicted molar refractivity (Wildman–Crippen MR) is 95.2 cm³/mol. The SMILES string of the molecule is O=C1CS[C@H](c2ccn(-c3ccc(Cl)cc3)c2)N1Cc1ccco1. The van der Waals surface area contributed by atoms with Crippen molar-refractivity contribution in [2.24, 2.45) is 0 Å². The normalized spacial score (nSPS) is 17.6. The Labute approximate surface area is 149 Å². The molecule has 24 heavy (non-hydrogen) atoms. The minimum Gasteiger partial charge on any atom is -0.467 e. The van der Waals surface area contributed by atoms with Gasteiger partial charge in [-0.1, -0.05) is 11.6 Å². The second-order valence-electron chi connectivity index (χ2n) is 5.59. The van der Waals surface area contributed by atoms with Crippen molar-refractivity contribution in [2.45, 2.75) is 11.9 Å². The number of carbonyl (C=O) groups excluding carboxylic acids is 1. The molecule has 0 unspecified atom stereocenters. The summed E-state index contributed by atoms with van der Waals surface area (Å²) in [6.45, 7) is 0.496. The van der Waals surface area contributed by atoms with E-state index in [4.69, 9.17) is 16.0 Å². The van der Waals surface area contributed by atoms with Gasteiger partial charge in [0.15, 0.2) is 0 Å². The highest BCUT2D eigenvalue weighted by atomic mass is 35.5. The lowest BCUT2D eigenvalue weighted by atomic mass is 10.3. The third-order valence-corrected chi connectivity index (χ3v) is 5.51. The van der Waals surface area contributed by atoms with Gasteiger partial charge in [-0.3, -0.25) is 4.79 Å². The van der Waals surface area contributed by atoms with Crippen LogP contribution in [0.4, 0.5) is 0 Å². The predicted octanol–water partition coefficient (Wildman–Crippen LogP) is 4.50. The summed E-state index contributed by atoms with van der Waals surface area (Å²) < 4.78 is 7.43. The second-order valence-corrected chi connectivity index (χ2v) is 7.10. The van der Waals surface area contributed by atoms with Crippen LogP contribution in [0, 0.1) is 0 Å². The largest absolute Gasteiger partial charge is 0.467 e. The lowest BCUT2D eigenvalue weighted by Crippen LogP contribution is -2.27. The number of thioether (sulfide) groups is 1. The van der Waals surface area contributed by atoms with Gasteiger partial charge in [-0.15, -0.1) is 11.8 Å². The molecule has 4 rings (SSSR count).